The minimum atomic E-state index is -1.37. The molecule has 2 unspecified atom stereocenters. The van der Waals surface area contributed by atoms with E-state index in [4.69, 9.17) is 4.74 Å². The van der Waals surface area contributed by atoms with Crippen molar-refractivity contribution in [2.75, 3.05) is 0 Å². The van der Waals surface area contributed by atoms with Gasteiger partial charge in [0.05, 0.1) is 11.6 Å². The van der Waals surface area contributed by atoms with Gasteiger partial charge in [0, 0.05) is 35.3 Å². The molecule has 3 aliphatic rings. The third kappa shape index (κ3) is 6.33. The Morgan fingerprint density at radius 2 is 1.65 bits per heavy atom. The number of ketones is 2. The normalized spacial score (nSPS) is 35.7. The summed E-state index contributed by atoms with van der Waals surface area (Å²) in [5.74, 6) is -2.50. The Labute approximate surface area is 260 Å². The van der Waals surface area contributed by atoms with Crippen molar-refractivity contribution in [3.05, 3.63) is 47.1 Å². The quantitative estimate of drug-likeness (QED) is 0.214. The number of allylic oxidation sites excluding steroid dienone is 7. The number of carboxylic acids is 1. The molecular formula is C32H43NaO7. The monoisotopic (exact) mass is 562 g/mol. The molecule has 3 aliphatic carbocycles. The maximum atomic E-state index is 13.5. The SMILES string of the molecule is CC(=O)OC1CC[C@@]2(C)[C@@H](CC[C@]3(C)/C(=C(\C)C(=O)/C=C/C(C)=C/C=C/C(C)(C)O)C(=O)C[C@@H]23)C1(C)C(=O)[O-].[Na+]. The van der Waals surface area contributed by atoms with Crippen molar-refractivity contribution < 1.29 is 63.7 Å². The number of aliphatic hydroxyl groups is 1. The molecule has 0 radical (unpaired) electrons. The summed E-state index contributed by atoms with van der Waals surface area (Å²) in [6.07, 6.45) is 9.91. The maximum Gasteiger partial charge on any atom is 1.00 e. The van der Waals surface area contributed by atoms with Crippen LogP contribution in [0.4, 0.5) is 0 Å². The topological polar surface area (TPSA) is 121 Å². The molecule has 7 nitrogen and oxygen atoms in total. The summed E-state index contributed by atoms with van der Waals surface area (Å²) in [5.41, 5.74) is -1.55. The minimum absolute atomic E-state index is 0. The van der Waals surface area contributed by atoms with Crippen LogP contribution in [0.1, 0.15) is 87.5 Å². The molecule has 0 aromatic carbocycles. The predicted molar refractivity (Wildman–Crippen MR) is 146 cm³/mol. The van der Waals surface area contributed by atoms with Crippen LogP contribution < -0.4 is 34.7 Å². The van der Waals surface area contributed by atoms with Crippen molar-refractivity contribution in [1.82, 2.24) is 0 Å². The molecule has 214 valence electrons. The average Bonchev–Trinajstić information content (AvgIpc) is 3.09. The van der Waals surface area contributed by atoms with Crippen LogP contribution >= 0.6 is 0 Å². The minimum Gasteiger partial charge on any atom is -0.549 e. The van der Waals surface area contributed by atoms with Gasteiger partial charge >= 0.3 is 35.5 Å². The molecule has 8 heteroatoms. The van der Waals surface area contributed by atoms with E-state index in [9.17, 15) is 29.4 Å². The van der Waals surface area contributed by atoms with E-state index in [1.807, 2.05) is 13.8 Å². The van der Waals surface area contributed by atoms with Gasteiger partial charge in [-0.25, -0.2) is 0 Å². The molecule has 0 aromatic heterocycles. The van der Waals surface area contributed by atoms with Crippen molar-refractivity contribution in [1.29, 1.82) is 0 Å². The number of fused-ring (bicyclic) bond motifs is 3. The van der Waals surface area contributed by atoms with Gasteiger partial charge in [-0.3, -0.25) is 14.4 Å². The summed E-state index contributed by atoms with van der Waals surface area (Å²) >= 11 is 0. The predicted octanol–water partition coefficient (Wildman–Crippen LogP) is 1.20. The molecule has 1 N–H and O–H groups in total. The van der Waals surface area contributed by atoms with Gasteiger partial charge in [0.25, 0.3) is 0 Å². The number of hydrogen-bond donors (Lipinski definition) is 1. The number of Topliss-reactive ketones (excluding diaryl/α,β-unsaturated/α-hetero) is 1. The van der Waals surface area contributed by atoms with Crippen molar-refractivity contribution in [2.24, 2.45) is 28.1 Å². The molecule has 0 aliphatic heterocycles. The molecule has 0 bridgehead atoms. The summed E-state index contributed by atoms with van der Waals surface area (Å²) in [6, 6.07) is 0. The fourth-order valence-electron chi connectivity index (χ4n) is 7.82. The zero-order valence-corrected chi connectivity index (χ0v) is 27.6. The van der Waals surface area contributed by atoms with Crippen molar-refractivity contribution in [3.8, 4) is 0 Å². The second-order valence-corrected chi connectivity index (χ2v) is 13.0. The molecule has 6 atom stereocenters. The summed E-state index contributed by atoms with van der Waals surface area (Å²) in [7, 11) is 0. The number of esters is 1. The Morgan fingerprint density at radius 1 is 1.02 bits per heavy atom. The number of rotatable bonds is 7. The number of aliphatic carboxylic acids is 1. The molecule has 0 spiro atoms. The third-order valence-electron chi connectivity index (χ3n) is 9.74. The molecule has 3 rings (SSSR count). The van der Waals surface area contributed by atoms with Crippen LogP contribution in [0.25, 0.3) is 0 Å². The van der Waals surface area contributed by atoms with Gasteiger partial charge in [-0.2, -0.15) is 0 Å². The first-order valence-corrected chi connectivity index (χ1v) is 13.8. The number of carbonyl (C=O) groups excluding carboxylic acids is 4. The molecular weight excluding hydrogens is 519 g/mol. The smallest absolute Gasteiger partial charge is 0.549 e. The fourth-order valence-corrected chi connectivity index (χ4v) is 7.82. The van der Waals surface area contributed by atoms with E-state index >= 15 is 0 Å². The Morgan fingerprint density at radius 3 is 2.20 bits per heavy atom. The summed E-state index contributed by atoms with van der Waals surface area (Å²) in [5, 5.41) is 22.4. The first-order valence-electron chi connectivity index (χ1n) is 13.8. The summed E-state index contributed by atoms with van der Waals surface area (Å²) in [6.45, 7) is 13.9. The van der Waals surface area contributed by atoms with Crippen LogP contribution in [0.5, 0.6) is 0 Å². The first kappa shape index (κ1) is 34.4. The van der Waals surface area contributed by atoms with E-state index in [-0.39, 0.29) is 59.4 Å². The maximum absolute atomic E-state index is 13.5. The van der Waals surface area contributed by atoms with Crippen LogP contribution in [0.3, 0.4) is 0 Å². The molecule has 0 saturated heterocycles. The number of ether oxygens (including phenoxy) is 1. The van der Waals surface area contributed by atoms with Gasteiger partial charge in [0.15, 0.2) is 11.6 Å². The largest absolute Gasteiger partial charge is 1.00 e. The van der Waals surface area contributed by atoms with Gasteiger partial charge in [-0.1, -0.05) is 50.6 Å². The van der Waals surface area contributed by atoms with Crippen molar-refractivity contribution in [3.63, 3.8) is 0 Å². The van der Waals surface area contributed by atoms with Crippen molar-refractivity contribution >= 4 is 23.5 Å². The van der Waals surface area contributed by atoms with Crippen LogP contribution in [0.2, 0.25) is 0 Å². The Balaban J connectivity index is 0.00000560. The standard InChI is InChI=1S/C32H44O7.Na/c1-19(10-9-15-29(4,5)38)11-12-22(34)20(2)27-23(35)18-25-30(6)17-14-26(39-21(3)33)32(8,28(36)37)24(30)13-16-31(25,27)7;/h9-12,15,24-26,38H,13-14,16-18H2,1-8H3,(H,36,37);/q;+1/p-1/b12-11+,15-9+,19-10+,27-20+;/t24-,25+,26?,30+,31+,32?;/m1./s1. The van der Waals surface area contributed by atoms with Crippen LogP contribution in [0.15, 0.2) is 47.1 Å². The van der Waals surface area contributed by atoms with Gasteiger partial charge < -0.3 is 19.7 Å². The Bertz CT molecular complexity index is 1190. The molecule has 3 fully saturated rings. The molecule has 3 saturated carbocycles. The van der Waals surface area contributed by atoms with Gasteiger partial charge in [0.1, 0.15) is 6.10 Å². The van der Waals surface area contributed by atoms with E-state index < -0.39 is 39.9 Å². The van der Waals surface area contributed by atoms with E-state index in [1.54, 1.807) is 52.0 Å². The third-order valence-corrected chi connectivity index (χ3v) is 9.74. The zero-order chi connectivity index (χ0) is 29.6. The average molecular weight is 563 g/mol. The summed E-state index contributed by atoms with van der Waals surface area (Å²) in [4.78, 5) is 51.0. The van der Waals surface area contributed by atoms with Gasteiger partial charge in [-0.05, 0) is 76.7 Å². The van der Waals surface area contributed by atoms with E-state index in [2.05, 4.69) is 6.92 Å². The van der Waals surface area contributed by atoms with E-state index in [1.165, 1.54) is 13.0 Å². The second kappa shape index (κ2) is 12.2. The summed E-state index contributed by atoms with van der Waals surface area (Å²) < 4.78 is 5.49. The van der Waals surface area contributed by atoms with Gasteiger partial charge in [-0.15, -0.1) is 0 Å². The van der Waals surface area contributed by atoms with Gasteiger partial charge in [0.2, 0.25) is 0 Å². The van der Waals surface area contributed by atoms with Crippen molar-refractivity contribution in [2.45, 2.75) is 99.2 Å². The van der Waals surface area contributed by atoms with E-state index in [0.717, 1.165) is 5.57 Å². The fraction of sp³-hybridized carbons (Fsp3) is 0.625. The van der Waals surface area contributed by atoms with Crippen LogP contribution in [0, 0.1) is 28.1 Å². The zero-order valence-electron chi connectivity index (χ0n) is 25.6. The van der Waals surface area contributed by atoms with Crippen LogP contribution in [-0.2, 0) is 23.9 Å². The molecule has 0 amide bonds. The molecule has 0 heterocycles. The molecule has 0 aromatic rings. The number of carboxylic acid groups (broad SMARTS) is 1. The Hall–Kier alpha value is -1.80. The number of carbonyl (C=O) groups is 4. The number of hydrogen-bond acceptors (Lipinski definition) is 7. The first-order chi connectivity index (χ1) is 17.9. The van der Waals surface area contributed by atoms with E-state index in [0.29, 0.717) is 36.8 Å². The van der Waals surface area contributed by atoms with Crippen LogP contribution in [-0.4, -0.2) is 40.3 Å². The Kier molecular flexibility index (Phi) is 10.5. The molecule has 40 heavy (non-hydrogen) atoms. The second-order valence-electron chi connectivity index (χ2n) is 13.0.